The van der Waals surface area contributed by atoms with Crippen LogP contribution in [0.15, 0.2) is 18.2 Å². The number of carbonyl (C=O) groups is 1. The van der Waals surface area contributed by atoms with Gasteiger partial charge in [-0.3, -0.25) is 10.1 Å². The Hall–Kier alpha value is -2.05. The number of fused-ring (bicyclic) bond motifs is 1. The number of nitrogens with zero attached hydrogens (tertiary/aromatic N) is 1. The Labute approximate surface area is 93.8 Å². The summed E-state index contributed by atoms with van der Waals surface area (Å²) in [6.07, 6.45) is -4.47. The molecule has 0 saturated carbocycles. The minimum atomic E-state index is -4.47. The third kappa shape index (κ3) is 2.22. The molecule has 1 aromatic carbocycles. The molecule has 0 radical (unpaired) electrons. The van der Waals surface area contributed by atoms with E-state index < -0.39 is 17.6 Å². The fourth-order valence-electron chi connectivity index (χ4n) is 1.49. The van der Waals surface area contributed by atoms with Crippen molar-refractivity contribution in [3.8, 4) is 0 Å². The van der Waals surface area contributed by atoms with Gasteiger partial charge in [-0.2, -0.15) is 13.2 Å². The van der Waals surface area contributed by atoms with Gasteiger partial charge in [-0.15, -0.1) is 0 Å². The van der Waals surface area contributed by atoms with Gasteiger partial charge in [-0.1, -0.05) is 6.07 Å². The summed E-state index contributed by atoms with van der Waals surface area (Å²) in [6, 6.07) is 3.69. The summed E-state index contributed by atoms with van der Waals surface area (Å²) in [4.78, 5) is 17.1. The van der Waals surface area contributed by atoms with E-state index in [1.807, 2.05) is 0 Å². The Morgan fingerprint density at radius 3 is 2.71 bits per heavy atom. The third-order valence-corrected chi connectivity index (χ3v) is 2.11. The van der Waals surface area contributed by atoms with Gasteiger partial charge in [-0.25, -0.2) is 4.98 Å². The zero-order valence-electron chi connectivity index (χ0n) is 8.72. The van der Waals surface area contributed by atoms with Gasteiger partial charge in [0.25, 0.3) is 0 Å². The molecule has 0 saturated heterocycles. The predicted molar refractivity (Wildman–Crippen MR) is 55.4 cm³/mol. The molecule has 0 bridgehead atoms. The first kappa shape index (κ1) is 11.4. The number of hydrogen-bond acceptors (Lipinski definition) is 2. The lowest BCUT2D eigenvalue weighted by atomic mass is 10.2. The average molecular weight is 243 g/mol. The van der Waals surface area contributed by atoms with E-state index >= 15 is 0 Å². The molecule has 1 aromatic heterocycles. The van der Waals surface area contributed by atoms with E-state index in [0.717, 1.165) is 6.07 Å². The van der Waals surface area contributed by atoms with Crippen LogP contribution in [0.1, 0.15) is 12.5 Å². The van der Waals surface area contributed by atoms with Crippen LogP contribution in [-0.2, 0) is 11.0 Å². The van der Waals surface area contributed by atoms with Crippen molar-refractivity contribution in [1.29, 1.82) is 0 Å². The number of carbonyl (C=O) groups excluding carboxylic acids is 1. The standard InChI is InChI=1S/C10H8F3N3O/c1-5(17)14-9-15-7-4-2-3-6(8(7)16-9)10(11,12)13/h2-4H,1H3,(H2,14,15,16,17). The highest BCUT2D eigenvalue weighted by molar-refractivity contribution is 5.90. The van der Waals surface area contributed by atoms with E-state index in [2.05, 4.69) is 15.3 Å². The van der Waals surface area contributed by atoms with Crippen LogP contribution in [0.25, 0.3) is 11.0 Å². The highest BCUT2D eigenvalue weighted by Crippen LogP contribution is 2.34. The average Bonchev–Trinajstić information content (AvgIpc) is 2.55. The molecule has 4 nitrogen and oxygen atoms in total. The van der Waals surface area contributed by atoms with Crippen LogP contribution in [-0.4, -0.2) is 15.9 Å². The fraction of sp³-hybridized carbons (Fsp3) is 0.200. The van der Waals surface area contributed by atoms with Crippen molar-refractivity contribution in [2.75, 3.05) is 5.32 Å². The van der Waals surface area contributed by atoms with Crippen molar-refractivity contribution in [2.24, 2.45) is 0 Å². The number of hydrogen-bond donors (Lipinski definition) is 2. The number of H-pyrrole nitrogens is 1. The SMILES string of the molecule is CC(=O)Nc1nc2c(C(F)(F)F)cccc2[nH]1. The molecule has 1 heterocycles. The number of aromatic nitrogens is 2. The van der Waals surface area contributed by atoms with E-state index in [-0.39, 0.29) is 17.0 Å². The Balaban J connectivity index is 2.57. The number of imidazole rings is 1. The van der Waals surface area contributed by atoms with Crippen LogP contribution in [0, 0.1) is 0 Å². The van der Waals surface area contributed by atoms with E-state index in [4.69, 9.17) is 0 Å². The van der Waals surface area contributed by atoms with Crippen molar-refractivity contribution in [1.82, 2.24) is 9.97 Å². The number of alkyl halides is 3. The lowest BCUT2D eigenvalue weighted by molar-refractivity contribution is -0.136. The van der Waals surface area contributed by atoms with E-state index in [1.54, 1.807) is 0 Å². The molecular weight excluding hydrogens is 235 g/mol. The van der Waals surface area contributed by atoms with Crippen molar-refractivity contribution in [3.63, 3.8) is 0 Å². The first-order valence-electron chi connectivity index (χ1n) is 4.71. The first-order chi connectivity index (χ1) is 7.88. The van der Waals surface area contributed by atoms with Gasteiger partial charge in [0.2, 0.25) is 11.9 Å². The number of rotatable bonds is 1. The second-order valence-electron chi connectivity index (χ2n) is 3.47. The highest BCUT2D eigenvalue weighted by atomic mass is 19.4. The lowest BCUT2D eigenvalue weighted by Gasteiger charge is -2.05. The molecule has 0 aliphatic carbocycles. The first-order valence-corrected chi connectivity index (χ1v) is 4.71. The van der Waals surface area contributed by atoms with Gasteiger partial charge >= 0.3 is 6.18 Å². The molecule has 0 fully saturated rings. The number of anilines is 1. The maximum Gasteiger partial charge on any atom is 0.418 e. The summed E-state index contributed by atoms with van der Waals surface area (Å²) < 4.78 is 37.9. The van der Waals surface area contributed by atoms with Gasteiger partial charge in [0.1, 0.15) is 5.52 Å². The monoisotopic (exact) mass is 243 g/mol. The largest absolute Gasteiger partial charge is 0.418 e. The molecule has 1 amide bonds. The molecule has 2 N–H and O–H groups in total. The van der Waals surface area contributed by atoms with Crippen molar-refractivity contribution >= 4 is 22.9 Å². The molecule has 2 aromatic rings. The number of amides is 1. The minimum absolute atomic E-state index is 0.00389. The molecule has 17 heavy (non-hydrogen) atoms. The Morgan fingerprint density at radius 2 is 2.12 bits per heavy atom. The molecule has 0 unspecified atom stereocenters. The molecule has 0 atom stereocenters. The summed E-state index contributed by atoms with van der Waals surface area (Å²) in [5.74, 6) is -0.401. The molecule has 7 heteroatoms. The normalized spacial score (nSPS) is 11.8. The smallest absolute Gasteiger partial charge is 0.324 e. The van der Waals surface area contributed by atoms with Crippen molar-refractivity contribution in [2.45, 2.75) is 13.1 Å². The zero-order chi connectivity index (χ0) is 12.6. The summed E-state index contributed by atoms with van der Waals surface area (Å²) in [7, 11) is 0. The number of halogens is 3. The third-order valence-electron chi connectivity index (χ3n) is 2.11. The maximum atomic E-state index is 12.6. The van der Waals surface area contributed by atoms with Crippen LogP contribution >= 0.6 is 0 Å². The summed E-state index contributed by atoms with van der Waals surface area (Å²) in [6.45, 7) is 1.25. The minimum Gasteiger partial charge on any atom is -0.324 e. The van der Waals surface area contributed by atoms with Crippen LogP contribution in [0.3, 0.4) is 0 Å². The molecule has 90 valence electrons. The molecule has 0 aliphatic heterocycles. The second-order valence-corrected chi connectivity index (χ2v) is 3.47. The quantitative estimate of drug-likeness (QED) is 0.808. The predicted octanol–water partition coefficient (Wildman–Crippen LogP) is 2.54. The van der Waals surface area contributed by atoms with Crippen LogP contribution in [0.5, 0.6) is 0 Å². The van der Waals surface area contributed by atoms with Crippen LogP contribution in [0.4, 0.5) is 19.1 Å². The van der Waals surface area contributed by atoms with Gasteiger partial charge in [0, 0.05) is 6.92 Å². The van der Waals surface area contributed by atoms with Crippen LogP contribution < -0.4 is 5.32 Å². The van der Waals surface area contributed by atoms with Gasteiger partial charge in [0.15, 0.2) is 0 Å². The van der Waals surface area contributed by atoms with Crippen LogP contribution in [0.2, 0.25) is 0 Å². The van der Waals surface area contributed by atoms with Crippen molar-refractivity contribution < 1.29 is 18.0 Å². The Morgan fingerprint density at radius 1 is 1.41 bits per heavy atom. The Kier molecular flexibility index (Phi) is 2.53. The van der Waals surface area contributed by atoms with Crippen molar-refractivity contribution in [3.05, 3.63) is 23.8 Å². The molecule has 0 aliphatic rings. The van der Waals surface area contributed by atoms with Gasteiger partial charge in [-0.05, 0) is 12.1 Å². The topological polar surface area (TPSA) is 57.8 Å². The summed E-state index contributed by atoms with van der Waals surface area (Å²) in [5, 5.41) is 2.30. The van der Waals surface area contributed by atoms with Gasteiger partial charge < -0.3 is 4.98 Å². The number of aromatic amines is 1. The second kappa shape index (κ2) is 3.76. The van der Waals surface area contributed by atoms with E-state index in [0.29, 0.717) is 0 Å². The lowest BCUT2D eigenvalue weighted by Crippen LogP contribution is -2.07. The Bertz CT molecular complexity index is 574. The number of nitrogens with one attached hydrogen (secondary N) is 2. The molecule has 0 spiro atoms. The molecular formula is C10H8F3N3O. The number of benzene rings is 1. The highest BCUT2D eigenvalue weighted by Gasteiger charge is 2.33. The van der Waals surface area contributed by atoms with Gasteiger partial charge in [0.05, 0.1) is 11.1 Å². The number of para-hydroxylation sites is 1. The summed E-state index contributed by atoms with van der Waals surface area (Å²) >= 11 is 0. The molecule has 2 rings (SSSR count). The zero-order valence-corrected chi connectivity index (χ0v) is 8.72. The van der Waals surface area contributed by atoms with E-state index in [1.165, 1.54) is 19.1 Å². The van der Waals surface area contributed by atoms with E-state index in [9.17, 15) is 18.0 Å². The maximum absolute atomic E-state index is 12.6. The summed E-state index contributed by atoms with van der Waals surface area (Å²) in [5.41, 5.74) is -0.810. The fourth-order valence-corrected chi connectivity index (χ4v) is 1.49.